The Morgan fingerprint density at radius 1 is 1.03 bits per heavy atom. The van der Waals surface area contributed by atoms with E-state index in [-0.39, 0.29) is 17.2 Å². The van der Waals surface area contributed by atoms with Crippen LogP contribution in [0.5, 0.6) is 5.75 Å². The lowest BCUT2D eigenvalue weighted by molar-refractivity contribution is -0.118. The molecule has 1 heterocycles. The van der Waals surface area contributed by atoms with Crippen molar-refractivity contribution in [2.45, 2.75) is 52.5 Å². The summed E-state index contributed by atoms with van der Waals surface area (Å²) < 4.78 is 6.12. The summed E-state index contributed by atoms with van der Waals surface area (Å²) in [7, 11) is 0. The van der Waals surface area contributed by atoms with E-state index in [9.17, 15) is 4.79 Å². The molecule has 29 heavy (non-hydrogen) atoms. The Balaban J connectivity index is 1.82. The van der Waals surface area contributed by atoms with Crippen LogP contribution in [-0.4, -0.2) is 12.4 Å². The van der Waals surface area contributed by atoms with E-state index in [2.05, 4.69) is 49.6 Å². The number of carbonyl (C=O) groups is 1. The van der Waals surface area contributed by atoms with E-state index in [1.807, 2.05) is 30.3 Å². The maximum Gasteiger partial charge on any atom is 0.163 e. The number of nitrogens with one attached hydrogen (secondary N) is 2. The van der Waals surface area contributed by atoms with Gasteiger partial charge in [-0.1, -0.05) is 57.5 Å². The minimum atomic E-state index is -0.234. The molecule has 0 saturated carbocycles. The highest BCUT2D eigenvalue weighted by atomic mass is 16.5. The zero-order chi connectivity index (χ0) is 20.4. The van der Waals surface area contributed by atoms with E-state index in [4.69, 9.17) is 4.74 Å². The first-order valence-corrected chi connectivity index (χ1v) is 10.6. The fraction of sp³-hybridized carbons (Fsp3) is 0.400. The predicted octanol–water partition coefficient (Wildman–Crippen LogP) is 6.09. The zero-order valence-corrected chi connectivity index (χ0v) is 17.5. The lowest BCUT2D eigenvalue weighted by atomic mass is 9.73. The van der Waals surface area contributed by atoms with Gasteiger partial charge < -0.3 is 15.4 Å². The van der Waals surface area contributed by atoms with Crippen LogP contribution < -0.4 is 15.4 Å². The molecule has 0 amide bonds. The summed E-state index contributed by atoms with van der Waals surface area (Å²) in [4.78, 5) is 13.3. The fourth-order valence-corrected chi connectivity index (χ4v) is 4.30. The van der Waals surface area contributed by atoms with E-state index in [1.54, 1.807) is 0 Å². The number of hydrogen-bond donors (Lipinski definition) is 2. The van der Waals surface area contributed by atoms with Crippen LogP contribution >= 0.6 is 0 Å². The minimum absolute atomic E-state index is 0.0517. The van der Waals surface area contributed by atoms with Crippen molar-refractivity contribution in [1.29, 1.82) is 0 Å². The summed E-state index contributed by atoms with van der Waals surface area (Å²) in [5.41, 5.74) is 4.84. The number of Topliss-reactive ketones (excluding diaryl/α,β-unsaturated/α-hetero) is 1. The fourth-order valence-electron chi connectivity index (χ4n) is 4.30. The number of ether oxygens (including phenoxy) is 1. The number of rotatable bonds is 5. The van der Waals surface area contributed by atoms with E-state index in [1.165, 1.54) is 0 Å². The maximum atomic E-state index is 13.3. The molecule has 0 fully saturated rings. The molecule has 4 nitrogen and oxygen atoms in total. The van der Waals surface area contributed by atoms with E-state index in [0.717, 1.165) is 53.2 Å². The highest BCUT2D eigenvalue weighted by Gasteiger charge is 2.39. The Labute approximate surface area is 173 Å². The quantitative estimate of drug-likeness (QED) is 0.607. The van der Waals surface area contributed by atoms with Crippen LogP contribution in [0.25, 0.3) is 0 Å². The second-order valence-corrected chi connectivity index (χ2v) is 8.82. The van der Waals surface area contributed by atoms with Gasteiger partial charge in [0.1, 0.15) is 5.75 Å². The Hall–Kier alpha value is -2.75. The first kappa shape index (κ1) is 19.6. The topological polar surface area (TPSA) is 50.4 Å². The third kappa shape index (κ3) is 4.02. The molecule has 4 heteroatoms. The molecular weight excluding hydrogens is 360 g/mol. The number of ketones is 1. The van der Waals surface area contributed by atoms with Crippen LogP contribution in [0.1, 0.15) is 58.1 Å². The lowest BCUT2D eigenvalue weighted by Gasteiger charge is -2.34. The molecule has 0 spiro atoms. The average Bonchev–Trinajstić information content (AvgIpc) is 2.84. The molecule has 1 atom stereocenters. The van der Waals surface area contributed by atoms with Crippen LogP contribution in [0.15, 0.2) is 59.8 Å². The van der Waals surface area contributed by atoms with Crippen LogP contribution in [0.3, 0.4) is 0 Å². The Morgan fingerprint density at radius 3 is 2.55 bits per heavy atom. The van der Waals surface area contributed by atoms with Crippen molar-refractivity contribution in [3.63, 3.8) is 0 Å². The number of carbonyl (C=O) groups excluding carboxylic acids is 1. The van der Waals surface area contributed by atoms with Gasteiger partial charge in [0.05, 0.1) is 24.0 Å². The molecule has 2 aromatic rings. The number of allylic oxidation sites excluding steroid dienone is 1. The SMILES string of the molecule is CCCCOc1ccccc1[C@H]1Nc2ccccc2NC2=C1C(=O)CC(C)(C)C2. The molecule has 0 aromatic heterocycles. The zero-order valence-electron chi connectivity index (χ0n) is 17.5. The molecule has 2 aromatic carbocycles. The molecule has 0 saturated heterocycles. The molecule has 0 unspecified atom stereocenters. The highest BCUT2D eigenvalue weighted by Crippen LogP contribution is 2.46. The summed E-state index contributed by atoms with van der Waals surface area (Å²) in [6.45, 7) is 7.17. The van der Waals surface area contributed by atoms with Gasteiger partial charge in [0.25, 0.3) is 0 Å². The summed E-state index contributed by atoms with van der Waals surface area (Å²) in [6, 6.07) is 16.0. The molecule has 0 radical (unpaired) electrons. The van der Waals surface area contributed by atoms with Gasteiger partial charge in [-0.05, 0) is 36.5 Å². The number of fused-ring (bicyclic) bond motifs is 1. The van der Waals surface area contributed by atoms with Crippen molar-refractivity contribution in [3.05, 3.63) is 65.4 Å². The van der Waals surface area contributed by atoms with Crippen LogP contribution in [-0.2, 0) is 4.79 Å². The van der Waals surface area contributed by atoms with Gasteiger partial charge in [0.2, 0.25) is 0 Å². The largest absolute Gasteiger partial charge is 0.493 e. The van der Waals surface area contributed by atoms with Gasteiger partial charge in [-0.3, -0.25) is 4.79 Å². The molecule has 1 aliphatic carbocycles. The van der Waals surface area contributed by atoms with Crippen molar-refractivity contribution >= 4 is 17.2 Å². The van der Waals surface area contributed by atoms with E-state index in [0.29, 0.717) is 13.0 Å². The van der Waals surface area contributed by atoms with Crippen molar-refractivity contribution in [2.24, 2.45) is 5.41 Å². The average molecular weight is 391 g/mol. The molecule has 152 valence electrons. The maximum absolute atomic E-state index is 13.3. The summed E-state index contributed by atoms with van der Waals surface area (Å²) in [5.74, 6) is 1.06. The normalized spacial score (nSPS) is 20.1. The van der Waals surface area contributed by atoms with Crippen LogP contribution in [0.2, 0.25) is 0 Å². The van der Waals surface area contributed by atoms with Crippen molar-refractivity contribution in [2.75, 3.05) is 17.2 Å². The smallest absolute Gasteiger partial charge is 0.163 e. The summed E-state index contributed by atoms with van der Waals surface area (Å²) in [5, 5.41) is 7.22. The monoisotopic (exact) mass is 390 g/mol. The number of hydrogen-bond acceptors (Lipinski definition) is 4. The van der Waals surface area contributed by atoms with Gasteiger partial charge in [-0.25, -0.2) is 0 Å². The molecule has 0 bridgehead atoms. The van der Waals surface area contributed by atoms with Gasteiger partial charge in [-0.2, -0.15) is 0 Å². The predicted molar refractivity (Wildman–Crippen MR) is 118 cm³/mol. The number of para-hydroxylation sites is 3. The third-order valence-corrected chi connectivity index (χ3v) is 5.71. The Morgan fingerprint density at radius 2 is 1.76 bits per heavy atom. The molecule has 2 aliphatic rings. The van der Waals surface area contributed by atoms with Crippen LogP contribution in [0.4, 0.5) is 11.4 Å². The second kappa shape index (κ2) is 7.94. The van der Waals surface area contributed by atoms with Gasteiger partial charge in [0.15, 0.2) is 5.78 Å². The molecule has 1 aliphatic heterocycles. The molecule has 2 N–H and O–H groups in total. The summed E-state index contributed by atoms with van der Waals surface area (Å²) >= 11 is 0. The Kier molecular flexibility index (Phi) is 5.35. The van der Waals surface area contributed by atoms with Gasteiger partial charge in [-0.15, -0.1) is 0 Å². The Bertz CT molecular complexity index is 945. The standard InChI is InChI=1S/C25H30N2O2/c1-4-5-14-29-22-13-9-6-10-17(22)24-23-20(15-25(2,3)16-21(23)28)26-18-11-7-8-12-19(18)27-24/h6-13,24,26-27H,4-5,14-16H2,1-3H3/t24-/m1/s1. The molecule has 4 rings (SSSR count). The number of anilines is 2. The third-order valence-electron chi connectivity index (χ3n) is 5.71. The number of benzene rings is 2. The molecular formula is C25H30N2O2. The first-order valence-electron chi connectivity index (χ1n) is 10.6. The second-order valence-electron chi connectivity index (χ2n) is 8.82. The van der Waals surface area contributed by atoms with Gasteiger partial charge in [0, 0.05) is 23.3 Å². The van der Waals surface area contributed by atoms with Crippen molar-refractivity contribution in [3.8, 4) is 5.75 Å². The first-order chi connectivity index (χ1) is 14.0. The van der Waals surface area contributed by atoms with Crippen molar-refractivity contribution in [1.82, 2.24) is 0 Å². The lowest BCUT2D eigenvalue weighted by Crippen LogP contribution is -2.31. The highest BCUT2D eigenvalue weighted by molar-refractivity contribution is 6.01. The minimum Gasteiger partial charge on any atom is -0.493 e. The van der Waals surface area contributed by atoms with E-state index >= 15 is 0 Å². The summed E-state index contributed by atoms with van der Waals surface area (Å²) in [6.07, 6.45) is 3.50. The van der Waals surface area contributed by atoms with Crippen LogP contribution in [0, 0.1) is 5.41 Å². The van der Waals surface area contributed by atoms with Crippen molar-refractivity contribution < 1.29 is 9.53 Å². The van der Waals surface area contributed by atoms with Gasteiger partial charge >= 0.3 is 0 Å². The number of unbranched alkanes of at least 4 members (excludes halogenated alkanes) is 1. The van der Waals surface area contributed by atoms with E-state index < -0.39 is 0 Å².